The van der Waals surface area contributed by atoms with Crippen LogP contribution in [0.2, 0.25) is 0 Å². The van der Waals surface area contributed by atoms with Crippen LogP contribution in [0.1, 0.15) is 29.8 Å². The molecule has 0 radical (unpaired) electrons. The van der Waals surface area contributed by atoms with Gasteiger partial charge in [0.25, 0.3) is 5.91 Å². The number of nitrogens with one attached hydrogen (secondary N) is 3. The number of nitrogens with zero attached hydrogens (tertiary/aromatic N) is 1. The second-order valence-electron chi connectivity index (χ2n) is 6.92. The second kappa shape index (κ2) is 10.1. The fourth-order valence-electron chi connectivity index (χ4n) is 3.41. The van der Waals surface area contributed by atoms with Crippen molar-refractivity contribution < 1.29 is 18.7 Å². The van der Waals surface area contributed by atoms with Gasteiger partial charge in [-0.15, -0.1) is 0 Å². The van der Waals surface area contributed by atoms with Gasteiger partial charge in [-0.2, -0.15) is 0 Å². The first kappa shape index (κ1) is 21.6. The van der Waals surface area contributed by atoms with Crippen LogP contribution in [-0.4, -0.2) is 49.6 Å². The fraction of sp³-hybridized carbons (Fsp3) is 0.364. The number of carbonyl (C=O) groups excluding carboxylic acids is 2. The molecular weight excluding hydrogens is 387 g/mol. The Bertz CT molecular complexity index is 901. The topological polar surface area (TPSA) is 82.7 Å². The Kier molecular flexibility index (Phi) is 7.24. The molecule has 0 aliphatic carbocycles. The Hall–Kier alpha value is -3.13. The van der Waals surface area contributed by atoms with Crippen molar-refractivity contribution in [2.24, 2.45) is 0 Å². The summed E-state index contributed by atoms with van der Waals surface area (Å²) in [5.41, 5.74) is 1.27. The van der Waals surface area contributed by atoms with Gasteiger partial charge in [-0.25, -0.2) is 9.18 Å². The average Bonchev–Trinajstić information content (AvgIpc) is 3.23. The van der Waals surface area contributed by atoms with E-state index in [1.54, 1.807) is 24.3 Å². The molecular formula is C22H27FN4O3. The van der Waals surface area contributed by atoms with Crippen LogP contribution < -0.4 is 20.7 Å². The molecule has 1 heterocycles. The van der Waals surface area contributed by atoms with Crippen LogP contribution in [0.15, 0.2) is 36.4 Å². The van der Waals surface area contributed by atoms with E-state index < -0.39 is 11.8 Å². The molecule has 0 saturated heterocycles. The van der Waals surface area contributed by atoms with E-state index in [2.05, 4.69) is 34.7 Å². The summed E-state index contributed by atoms with van der Waals surface area (Å²) >= 11 is 0. The molecule has 1 aliphatic rings. The minimum absolute atomic E-state index is 0.0376. The van der Waals surface area contributed by atoms with Gasteiger partial charge in [0.05, 0.1) is 17.9 Å². The number of amides is 3. The van der Waals surface area contributed by atoms with Gasteiger partial charge < -0.3 is 25.6 Å². The molecule has 0 fully saturated rings. The summed E-state index contributed by atoms with van der Waals surface area (Å²) in [5, 5.41) is 8.03. The highest BCUT2D eigenvalue weighted by Gasteiger charge is 2.28. The molecule has 0 atom stereocenters. The number of benzene rings is 2. The monoisotopic (exact) mass is 414 g/mol. The van der Waals surface area contributed by atoms with E-state index in [-0.39, 0.29) is 17.2 Å². The fourth-order valence-corrected chi connectivity index (χ4v) is 3.41. The van der Waals surface area contributed by atoms with E-state index >= 15 is 0 Å². The summed E-state index contributed by atoms with van der Waals surface area (Å²) in [5.74, 6) is -0.734. The lowest BCUT2D eigenvalue weighted by atomic mass is 10.0. The highest BCUT2D eigenvalue weighted by atomic mass is 19.1. The standard InChI is InChI=1S/C22H27FN4O3/c1-3-27(4-2)12-11-24-21(28)17-14-18(23)19(16-10-13-30-20(16)17)26-22(29)25-15-8-6-5-7-9-15/h5-9,14H,3-4,10-13H2,1-2H3,(H,24,28)(H2,25,26,29). The van der Waals surface area contributed by atoms with Crippen LogP contribution in [0.4, 0.5) is 20.6 Å². The van der Waals surface area contributed by atoms with Crippen molar-refractivity contribution in [2.75, 3.05) is 43.4 Å². The third-order valence-corrected chi connectivity index (χ3v) is 5.05. The molecule has 3 rings (SSSR count). The van der Waals surface area contributed by atoms with E-state index in [1.165, 1.54) is 0 Å². The largest absolute Gasteiger partial charge is 0.492 e. The molecule has 0 spiro atoms. The number of halogens is 1. The van der Waals surface area contributed by atoms with Crippen LogP contribution in [0.25, 0.3) is 0 Å². The Morgan fingerprint density at radius 1 is 1.13 bits per heavy atom. The molecule has 160 valence electrons. The zero-order valence-corrected chi connectivity index (χ0v) is 17.3. The van der Waals surface area contributed by atoms with Crippen LogP contribution in [0.3, 0.4) is 0 Å². The number of anilines is 2. The first-order chi connectivity index (χ1) is 14.5. The Morgan fingerprint density at radius 2 is 1.87 bits per heavy atom. The van der Waals surface area contributed by atoms with Crippen molar-refractivity contribution in [3.63, 3.8) is 0 Å². The van der Waals surface area contributed by atoms with E-state index in [0.29, 0.717) is 43.1 Å². The van der Waals surface area contributed by atoms with Gasteiger partial charge in [-0.05, 0) is 31.3 Å². The molecule has 0 unspecified atom stereocenters. The smallest absolute Gasteiger partial charge is 0.323 e. The number of ether oxygens (including phenoxy) is 1. The molecule has 30 heavy (non-hydrogen) atoms. The minimum atomic E-state index is -0.670. The van der Waals surface area contributed by atoms with Crippen molar-refractivity contribution >= 4 is 23.3 Å². The molecule has 3 N–H and O–H groups in total. The predicted molar refractivity (Wildman–Crippen MR) is 115 cm³/mol. The van der Waals surface area contributed by atoms with Crippen LogP contribution >= 0.6 is 0 Å². The normalized spacial score (nSPS) is 12.3. The van der Waals surface area contributed by atoms with Gasteiger partial charge in [0.2, 0.25) is 0 Å². The van der Waals surface area contributed by atoms with E-state index in [9.17, 15) is 14.0 Å². The summed E-state index contributed by atoms with van der Waals surface area (Å²) in [6.07, 6.45) is 0.410. The maximum atomic E-state index is 14.8. The summed E-state index contributed by atoms with van der Waals surface area (Å²) in [4.78, 5) is 27.1. The van der Waals surface area contributed by atoms with Gasteiger partial charge in [-0.1, -0.05) is 32.0 Å². The average molecular weight is 414 g/mol. The molecule has 0 bridgehead atoms. The van der Waals surface area contributed by atoms with Crippen molar-refractivity contribution in [1.29, 1.82) is 0 Å². The third kappa shape index (κ3) is 5.07. The second-order valence-corrected chi connectivity index (χ2v) is 6.92. The van der Waals surface area contributed by atoms with E-state index in [4.69, 9.17) is 4.74 Å². The molecule has 3 amide bonds. The van der Waals surface area contributed by atoms with Crippen molar-refractivity contribution in [1.82, 2.24) is 10.2 Å². The number of likely N-dealkylation sites (N-methyl/N-ethyl adjacent to an activating group) is 1. The van der Waals surface area contributed by atoms with Gasteiger partial charge in [-0.3, -0.25) is 4.79 Å². The quantitative estimate of drug-likeness (QED) is 0.618. The zero-order chi connectivity index (χ0) is 21.5. The molecule has 2 aromatic carbocycles. The molecule has 8 heteroatoms. The first-order valence-corrected chi connectivity index (χ1v) is 10.1. The number of para-hydroxylation sites is 1. The summed E-state index contributed by atoms with van der Waals surface area (Å²) in [6.45, 7) is 7.39. The number of hydrogen-bond acceptors (Lipinski definition) is 4. The third-order valence-electron chi connectivity index (χ3n) is 5.05. The van der Waals surface area contributed by atoms with E-state index in [1.807, 2.05) is 6.07 Å². The highest BCUT2D eigenvalue weighted by Crippen LogP contribution is 2.37. The van der Waals surface area contributed by atoms with E-state index in [0.717, 1.165) is 19.2 Å². The van der Waals surface area contributed by atoms with Gasteiger partial charge in [0.15, 0.2) is 0 Å². The summed E-state index contributed by atoms with van der Waals surface area (Å²) in [7, 11) is 0. The summed E-state index contributed by atoms with van der Waals surface area (Å²) < 4.78 is 20.4. The lowest BCUT2D eigenvalue weighted by Gasteiger charge is -2.18. The lowest BCUT2D eigenvalue weighted by Crippen LogP contribution is -2.35. The van der Waals surface area contributed by atoms with Gasteiger partial charge in [0, 0.05) is 30.8 Å². The van der Waals surface area contributed by atoms with Crippen molar-refractivity contribution in [3.05, 3.63) is 53.3 Å². The van der Waals surface area contributed by atoms with Crippen LogP contribution in [0, 0.1) is 5.82 Å². The SMILES string of the molecule is CCN(CC)CCNC(=O)c1cc(F)c(NC(=O)Nc2ccccc2)c2c1OCC2. The van der Waals surface area contributed by atoms with Gasteiger partial charge in [0.1, 0.15) is 11.6 Å². The maximum absolute atomic E-state index is 14.8. The van der Waals surface area contributed by atoms with Gasteiger partial charge >= 0.3 is 6.03 Å². The Balaban J connectivity index is 1.72. The predicted octanol–water partition coefficient (Wildman–Crippen LogP) is 3.48. The lowest BCUT2D eigenvalue weighted by molar-refractivity contribution is 0.0945. The summed E-state index contributed by atoms with van der Waals surface area (Å²) in [6, 6.07) is 9.42. The van der Waals surface area contributed by atoms with Crippen LogP contribution in [0.5, 0.6) is 5.75 Å². The highest BCUT2D eigenvalue weighted by molar-refractivity contribution is 6.03. The van der Waals surface area contributed by atoms with Crippen LogP contribution in [-0.2, 0) is 6.42 Å². The minimum Gasteiger partial charge on any atom is -0.492 e. The Labute approximate surface area is 175 Å². The molecule has 0 saturated carbocycles. The molecule has 7 nitrogen and oxygen atoms in total. The number of fused-ring (bicyclic) bond motifs is 1. The first-order valence-electron chi connectivity index (χ1n) is 10.1. The van der Waals surface area contributed by atoms with Crippen molar-refractivity contribution in [2.45, 2.75) is 20.3 Å². The number of carbonyl (C=O) groups is 2. The molecule has 1 aliphatic heterocycles. The molecule has 2 aromatic rings. The molecule has 0 aromatic heterocycles. The zero-order valence-electron chi connectivity index (χ0n) is 17.3. The number of hydrogen-bond donors (Lipinski definition) is 3. The number of urea groups is 1. The maximum Gasteiger partial charge on any atom is 0.323 e. The van der Waals surface area contributed by atoms with Crippen molar-refractivity contribution in [3.8, 4) is 5.75 Å². The number of rotatable bonds is 8. The Morgan fingerprint density at radius 3 is 2.57 bits per heavy atom.